The Bertz CT molecular complexity index is 1320. The van der Waals surface area contributed by atoms with Crippen LogP contribution in [0.2, 0.25) is 0 Å². The number of aryl methyl sites for hydroxylation is 2. The first-order chi connectivity index (χ1) is 16.0. The van der Waals surface area contributed by atoms with Crippen molar-refractivity contribution in [2.24, 2.45) is 5.14 Å². The first-order valence-corrected chi connectivity index (χ1v) is 11.9. The topological polar surface area (TPSA) is 133 Å². The summed E-state index contributed by atoms with van der Waals surface area (Å²) < 4.78 is 29.4. The molecule has 10 heteroatoms. The number of ether oxygens (including phenoxy) is 1. The summed E-state index contributed by atoms with van der Waals surface area (Å²) in [7, 11) is -3.82. The maximum Gasteiger partial charge on any atom is 0.331 e. The average Bonchev–Trinajstić information content (AvgIpc) is 3.04. The van der Waals surface area contributed by atoms with Gasteiger partial charge in [0.05, 0.1) is 17.1 Å². The van der Waals surface area contributed by atoms with E-state index in [1.54, 1.807) is 6.08 Å². The van der Waals surface area contributed by atoms with Crippen molar-refractivity contribution in [3.05, 3.63) is 82.7 Å². The fourth-order valence-electron chi connectivity index (χ4n) is 3.23. The molecule has 3 N–H and O–H groups in total. The molecule has 0 saturated carbocycles. The molecule has 178 valence electrons. The van der Waals surface area contributed by atoms with Crippen LogP contribution in [0.3, 0.4) is 0 Å². The first-order valence-electron chi connectivity index (χ1n) is 10.4. The van der Waals surface area contributed by atoms with Crippen molar-refractivity contribution in [2.75, 3.05) is 11.9 Å². The van der Waals surface area contributed by atoms with Gasteiger partial charge in [-0.05, 0) is 56.7 Å². The van der Waals surface area contributed by atoms with Crippen LogP contribution in [-0.4, -0.2) is 36.7 Å². The Kier molecular flexibility index (Phi) is 7.64. The van der Waals surface area contributed by atoms with Crippen LogP contribution in [0, 0.1) is 20.8 Å². The summed E-state index contributed by atoms with van der Waals surface area (Å²) in [6, 6.07) is 13.5. The number of hydrogen-bond acceptors (Lipinski definition) is 6. The number of primary sulfonamides is 1. The molecule has 0 atom stereocenters. The minimum absolute atomic E-state index is 0.0742. The molecule has 0 radical (unpaired) electrons. The number of esters is 1. The van der Waals surface area contributed by atoms with Gasteiger partial charge in [0.15, 0.2) is 6.61 Å². The highest BCUT2D eigenvalue weighted by Gasteiger charge is 2.12. The predicted octanol–water partition coefficient (Wildman–Crippen LogP) is 2.70. The van der Waals surface area contributed by atoms with Crippen molar-refractivity contribution in [1.82, 2.24) is 9.78 Å². The van der Waals surface area contributed by atoms with Crippen molar-refractivity contribution in [2.45, 2.75) is 32.2 Å². The summed E-state index contributed by atoms with van der Waals surface area (Å²) in [6.45, 7) is 5.94. The Balaban J connectivity index is 1.55. The fourth-order valence-corrected chi connectivity index (χ4v) is 3.75. The van der Waals surface area contributed by atoms with Crippen molar-refractivity contribution in [1.29, 1.82) is 0 Å². The van der Waals surface area contributed by atoms with Crippen LogP contribution >= 0.6 is 0 Å². The molecule has 0 unspecified atom stereocenters. The van der Waals surface area contributed by atoms with Crippen LogP contribution in [0.15, 0.2) is 59.5 Å². The number of rotatable bonds is 8. The zero-order chi connectivity index (χ0) is 24.9. The predicted molar refractivity (Wildman–Crippen MR) is 128 cm³/mol. The lowest BCUT2D eigenvalue weighted by molar-refractivity contribution is -0.142. The molecule has 9 nitrogen and oxygen atoms in total. The minimum atomic E-state index is -3.82. The molecule has 0 spiro atoms. The molecule has 1 heterocycles. The monoisotopic (exact) mass is 482 g/mol. The van der Waals surface area contributed by atoms with E-state index in [-0.39, 0.29) is 4.90 Å². The van der Waals surface area contributed by atoms with Gasteiger partial charge in [0, 0.05) is 23.0 Å². The van der Waals surface area contributed by atoms with E-state index in [1.807, 2.05) is 37.6 Å². The van der Waals surface area contributed by atoms with Gasteiger partial charge in [-0.1, -0.05) is 29.8 Å². The van der Waals surface area contributed by atoms with Gasteiger partial charge in [-0.15, -0.1) is 0 Å². The van der Waals surface area contributed by atoms with Crippen LogP contribution in [-0.2, 0) is 30.9 Å². The smallest absolute Gasteiger partial charge is 0.331 e. The highest BCUT2D eigenvalue weighted by atomic mass is 32.2. The molecule has 34 heavy (non-hydrogen) atoms. The molecule has 3 aromatic rings. The Morgan fingerprint density at radius 2 is 1.71 bits per heavy atom. The molecular formula is C24H26N4O5S. The number of sulfonamides is 1. The zero-order valence-electron chi connectivity index (χ0n) is 19.1. The van der Waals surface area contributed by atoms with Crippen molar-refractivity contribution in [3.63, 3.8) is 0 Å². The second kappa shape index (κ2) is 10.4. The summed E-state index contributed by atoms with van der Waals surface area (Å²) in [4.78, 5) is 24.0. The molecule has 0 bridgehead atoms. The van der Waals surface area contributed by atoms with Crippen LogP contribution in [0.4, 0.5) is 5.69 Å². The second-order valence-corrected chi connectivity index (χ2v) is 9.35. The number of benzene rings is 2. The van der Waals surface area contributed by atoms with Crippen molar-refractivity contribution < 1.29 is 22.7 Å². The normalized spacial score (nSPS) is 11.5. The van der Waals surface area contributed by atoms with Crippen LogP contribution in [0.1, 0.15) is 28.1 Å². The highest BCUT2D eigenvalue weighted by Crippen LogP contribution is 2.17. The molecule has 3 rings (SSSR count). The summed E-state index contributed by atoms with van der Waals surface area (Å²) >= 11 is 0. The third-order valence-electron chi connectivity index (χ3n) is 5.09. The molecular weight excluding hydrogens is 456 g/mol. The van der Waals surface area contributed by atoms with E-state index in [1.165, 1.54) is 35.9 Å². The van der Waals surface area contributed by atoms with Gasteiger partial charge < -0.3 is 10.1 Å². The zero-order valence-corrected chi connectivity index (χ0v) is 19.9. The van der Waals surface area contributed by atoms with Crippen molar-refractivity contribution >= 4 is 33.7 Å². The van der Waals surface area contributed by atoms with Gasteiger partial charge in [-0.2, -0.15) is 5.10 Å². The number of nitrogens with zero attached hydrogens (tertiary/aromatic N) is 2. The van der Waals surface area contributed by atoms with Gasteiger partial charge in [-0.3, -0.25) is 9.48 Å². The van der Waals surface area contributed by atoms with Crippen LogP contribution in [0.5, 0.6) is 0 Å². The van der Waals surface area contributed by atoms with E-state index >= 15 is 0 Å². The van der Waals surface area contributed by atoms with Crippen LogP contribution in [0.25, 0.3) is 6.08 Å². The first kappa shape index (κ1) is 24.9. The fraction of sp³-hybridized carbons (Fsp3) is 0.208. The Morgan fingerprint density at radius 1 is 1.06 bits per heavy atom. The van der Waals surface area contributed by atoms with Crippen LogP contribution < -0.4 is 10.5 Å². The van der Waals surface area contributed by atoms with E-state index < -0.39 is 28.5 Å². The number of amides is 1. The Hall–Kier alpha value is -3.76. The number of carbonyl (C=O) groups is 2. The van der Waals surface area contributed by atoms with E-state index in [9.17, 15) is 18.0 Å². The number of aromatic nitrogens is 2. The third-order valence-corrected chi connectivity index (χ3v) is 6.02. The van der Waals surface area contributed by atoms with E-state index in [0.717, 1.165) is 22.5 Å². The second-order valence-electron chi connectivity index (χ2n) is 7.79. The summed E-state index contributed by atoms with van der Waals surface area (Å²) in [5.41, 5.74) is 5.14. The quantitative estimate of drug-likeness (QED) is 0.375. The molecule has 0 aliphatic rings. The summed E-state index contributed by atoms with van der Waals surface area (Å²) in [5.74, 6) is -1.24. The number of hydrogen-bond donors (Lipinski definition) is 2. The molecule has 2 aromatic carbocycles. The van der Waals surface area contributed by atoms with Gasteiger partial charge >= 0.3 is 5.97 Å². The molecule has 0 fully saturated rings. The Morgan fingerprint density at radius 3 is 2.32 bits per heavy atom. The molecule has 0 aliphatic carbocycles. The van der Waals surface area contributed by atoms with Crippen molar-refractivity contribution in [3.8, 4) is 0 Å². The number of carbonyl (C=O) groups excluding carboxylic acids is 2. The van der Waals surface area contributed by atoms with E-state index in [2.05, 4.69) is 22.5 Å². The molecule has 1 aromatic heterocycles. The van der Waals surface area contributed by atoms with E-state index in [4.69, 9.17) is 9.88 Å². The largest absolute Gasteiger partial charge is 0.452 e. The van der Waals surface area contributed by atoms with Gasteiger partial charge in [0.1, 0.15) is 0 Å². The maximum absolute atomic E-state index is 12.1. The average molecular weight is 483 g/mol. The van der Waals surface area contributed by atoms with E-state index in [0.29, 0.717) is 12.2 Å². The lowest BCUT2D eigenvalue weighted by Crippen LogP contribution is -2.20. The molecule has 1 amide bonds. The molecule has 0 saturated heterocycles. The molecule has 0 aliphatic heterocycles. The Labute approximate surface area is 198 Å². The number of nitrogens with one attached hydrogen (secondary N) is 1. The number of nitrogens with two attached hydrogens (primary N) is 1. The summed E-state index contributed by atoms with van der Waals surface area (Å²) in [5, 5.41) is 12.1. The minimum Gasteiger partial charge on any atom is -0.452 e. The standard InChI is InChI=1S/C24H26N4O5S/c1-16-4-6-19(7-5-16)14-28-18(3)22(17(2)27-28)12-13-24(30)33-15-23(29)26-20-8-10-21(11-9-20)34(25,31)32/h4-13H,14-15H2,1-3H3,(H,26,29)(H2,25,31,32). The van der Waals surface area contributed by atoms with Gasteiger partial charge in [0.25, 0.3) is 5.91 Å². The number of anilines is 1. The lowest BCUT2D eigenvalue weighted by atomic mass is 10.1. The highest BCUT2D eigenvalue weighted by molar-refractivity contribution is 7.89. The van der Waals surface area contributed by atoms with Gasteiger partial charge in [-0.25, -0.2) is 18.4 Å². The third kappa shape index (κ3) is 6.63. The lowest BCUT2D eigenvalue weighted by Gasteiger charge is -2.06. The summed E-state index contributed by atoms with van der Waals surface area (Å²) in [6.07, 6.45) is 2.87. The SMILES string of the molecule is Cc1ccc(Cn2nc(C)c(C=CC(=O)OCC(=O)Nc3ccc(S(N)(=O)=O)cc3)c2C)cc1. The maximum atomic E-state index is 12.1. The van der Waals surface area contributed by atoms with Gasteiger partial charge in [0.2, 0.25) is 10.0 Å².